The number of amides is 1. The molecule has 2 rings (SSSR count). The fraction of sp³-hybridized carbons (Fsp3) is 0.350. The molecule has 4 heteroatoms. The number of para-hydroxylation sites is 1. The molecule has 1 unspecified atom stereocenters. The van der Waals surface area contributed by atoms with Crippen LogP contribution < -0.4 is 10.1 Å². The summed E-state index contributed by atoms with van der Waals surface area (Å²) in [5, 5.41) is 2.84. The standard InChI is InChI=1S/C20H25NO3/c1-3-18-11-7-8-12-19(18)24-16(2)20(22)21-13-14-23-15-17-9-5-4-6-10-17/h4-12,16H,3,13-15H2,1-2H3,(H,21,22). The predicted octanol–water partition coefficient (Wildman–Crippen LogP) is 3.35. The summed E-state index contributed by atoms with van der Waals surface area (Å²) >= 11 is 0. The quantitative estimate of drug-likeness (QED) is 0.719. The minimum atomic E-state index is -0.535. The zero-order valence-electron chi connectivity index (χ0n) is 14.3. The van der Waals surface area contributed by atoms with Crippen LogP contribution in [0.15, 0.2) is 54.6 Å². The summed E-state index contributed by atoms with van der Waals surface area (Å²) in [5.41, 5.74) is 2.22. The number of benzene rings is 2. The Kier molecular flexibility index (Phi) is 7.30. The third kappa shape index (κ3) is 5.70. The molecule has 2 aromatic carbocycles. The SMILES string of the molecule is CCc1ccccc1OC(C)C(=O)NCCOCc1ccccc1. The van der Waals surface area contributed by atoms with Crippen LogP contribution in [0.5, 0.6) is 5.75 Å². The van der Waals surface area contributed by atoms with Gasteiger partial charge in [0, 0.05) is 6.54 Å². The minimum absolute atomic E-state index is 0.135. The third-order valence-electron chi connectivity index (χ3n) is 3.68. The van der Waals surface area contributed by atoms with Gasteiger partial charge in [-0.25, -0.2) is 0 Å². The zero-order chi connectivity index (χ0) is 17.2. The first-order valence-electron chi connectivity index (χ1n) is 8.34. The van der Waals surface area contributed by atoms with Gasteiger partial charge < -0.3 is 14.8 Å². The summed E-state index contributed by atoms with van der Waals surface area (Å²) in [5.74, 6) is 0.632. The van der Waals surface area contributed by atoms with E-state index in [2.05, 4.69) is 12.2 Å². The minimum Gasteiger partial charge on any atom is -0.481 e. The lowest BCUT2D eigenvalue weighted by molar-refractivity contribution is -0.127. The Hall–Kier alpha value is -2.33. The van der Waals surface area contributed by atoms with Crippen LogP contribution in [-0.4, -0.2) is 25.2 Å². The van der Waals surface area contributed by atoms with Crippen molar-refractivity contribution >= 4 is 5.91 Å². The van der Waals surface area contributed by atoms with Crippen LogP contribution in [0.1, 0.15) is 25.0 Å². The molecule has 0 aromatic heterocycles. The Morgan fingerprint density at radius 2 is 1.79 bits per heavy atom. The van der Waals surface area contributed by atoms with Gasteiger partial charge in [0.05, 0.1) is 13.2 Å². The highest BCUT2D eigenvalue weighted by molar-refractivity contribution is 5.80. The van der Waals surface area contributed by atoms with Crippen molar-refractivity contribution in [2.24, 2.45) is 0 Å². The van der Waals surface area contributed by atoms with Gasteiger partial charge in [-0.2, -0.15) is 0 Å². The molecule has 4 nitrogen and oxygen atoms in total. The summed E-state index contributed by atoms with van der Waals surface area (Å²) in [7, 11) is 0. The normalized spacial score (nSPS) is 11.8. The summed E-state index contributed by atoms with van der Waals surface area (Å²) in [6.07, 6.45) is 0.338. The Morgan fingerprint density at radius 1 is 1.08 bits per heavy atom. The van der Waals surface area contributed by atoms with E-state index in [1.165, 1.54) is 0 Å². The molecule has 0 spiro atoms. The number of ether oxygens (including phenoxy) is 2. The Morgan fingerprint density at radius 3 is 2.54 bits per heavy atom. The van der Waals surface area contributed by atoms with E-state index in [0.29, 0.717) is 19.8 Å². The highest BCUT2D eigenvalue weighted by Gasteiger charge is 2.15. The van der Waals surface area contributed by atoms with Crippen LogP contribution in [0.4, 0.5) is 0 Å². The number of nitrogens with one attached hydrogen (secondary N) is 1. The van der Waals surface area contributed by atoms with E-state index in [4.69, 9.17) is 9.47 Å². The van der Waals surface area contributed by atoms with E-state index in [0.717, 1.165) is 23.3 Å². The molecule has 128 valence electrons. The van der Waals surface area contributed by atoms with Gasteiger partial charge in [0.1, 0.15) is 5.75 Å². The highest BCUT2D eigenvalue weighted by atomic mass is 16.5. The molecular formula is C20H25NO3. The van der Waals surface area contributed by atoms with Crippen molar-refractivity contribution in [3.8, 4) is 5.75 Å². The maximum atomic E-state index is 12.1. The topological polar surface area (TPSA) is 47.6 Å². The molecule has 0 heterocycles. The monoisotopic (exact) mass is 327 g/mol. The van der Waals surface area contributed by atoms with Crippen LogP contribution >= 0.6 is 0 Å². The highest BCUT2D eigenvalue weighted by Crippen LogP contribution is 2.19. The molecule has 1 amide bonds. The molecule has 0 radical (unpaired) electrons. The lowest BCUT2D eigenvalue weighted by atomic mass is 10.1. The van der Waals surface area contributed by atoms with Crippen molar-refractivity contribution in [2.75, 3.05) is 13.2 Å². The van der Waals surface area contributed by atoms with Crippen molar-refractivity contribution in [1.29, 1.82) is 0 Å². The van der Waals surface area contributed by atoms with Crippen LogP contribution in [0.3, 0.4) is 0 Å². The van der Waals surface area contributed by atoms with Gasteiger partial charge in [-0.05, 0) is 30.5 Å². The van der Waals surface area contributed by atoms with E-state index >= 15 is 0 Å². The first-order valence-corrected chi connectivity index (χ1v) is 8.34. The maximum Gasteiger partial charge on any atom is 0.260 e. The molecule has 0 saturated carbocycles. The van der Waals surface area contributed by atoms with Gasteiger partial charge in [0.25, 0.3) is 5.91 Å². The van der Waals surface area contributed by atoms with Gasteiger partial charge in [0.15, 0.2) is 6.10 Å². The number of hydrogen-bond donors (Lipinski definition) is 1. The zero-order valence-corrected chi connectivity index (χ0v) is 14.3. The molecular weight excluding hydrogens is 302 g/mol. The van der Waals surface area contributed by atoms with Gasteiger partial charge >= 0.3 is 0 Å². The van der Waals surface area contributed by atoms with E-state index in [1.807, 2.05) is 54.6 Å². The smallest absolute Gasteiger partial charge is 0.260 e. The second-order valence-electron chi connectivity index (χ2n) is 5.55. The maximum absolute atomic E-state index is 12.1. The van der Waals surface area contributed by atoms with Crippen molar-refractivity contribution in [3.05, 3.63) is 65.7 Å². The summed E-state index contributed by atoms with van der Waals surface area (Å²) < 4.78 is 11.3. The van der Waals surface area contributed by atoms with Crippen molar-refractivity contribution < 1.29 is 14.3 Å². The molecule has 1 N–H and O–H groups in total. The summed E-state index contributed by atoms with van der Waals surface area (Å²) in [6, 6.07) is 17.8. The fourth-order valence-corrected chi connectivity index (χ4v) is 2.31. The fourth-order valence-electron chi connectivity index (χ4n) is 2.31. The molecule has 0 aliphatic rings. The molecule has 2 aromatic rings. The number of carbonyl (C=O) groups excluding carboxylic acids is 1. The van der Waals surface area contributed by atoms with E-state index in [1.54, 1.807) is 6.92 Å². The Labute approximate surface area is 143 Å². The average molecular weight is 327 g/mol. The van der Waals surface area contributed by atoms with Gasteiger partial charge in [-0.1, -0.05) is 55.5 Å². The second-order valence-corrected chi connectivity index (χ2v) is 5.55. The van der Waals surface area contributed by atoms with Gasteiger partial charge in [0.2, 0.25) is 0 Å². The van der Waals surface area contributed by atoms with E-state index in [-0.39, 0.29) is 5.91 Å². The van der Waals surface area contributed by atoms with Crippen LogP contribution in [0, 0.1) is 0 Å². The lowest BCUT2D eigenvalue weighted by Crippen LogP contribution is -2.38. The van der Waals surface area contributed by atoms with Gasteiger partial charge in [-0.3, -0.25) is 4.79 Å². The number of aryl methyl sites for hydroxylation is 1. The van der Waals surface area contributed by atoms with Crippen molar-refractivity contribution in [2.45, 2.75) is 33.0 Å². The lowest BCUT2D eigenvalue weighted by Gasteiger charge is -2.17. The number of hydrogen-bond acceptors (Lipinski definition) is 3. The second kappa shape index (κ2) is 9.73. The van der Waals surface area contributed by atoms with Crippen LogP contribution in [0.25, 0.3) is 0 Å². The molecule has 24 heavy (non-hydrogen) atoms. The van der Waals surface area contributed by atoms with E-state index < -0.39 is 6.10 Å². The molecule has 0 saturated heterocycles. The third-order valence-corrected chi connectivity index (χ3v) is 3.68. The molecule has 0 fully saturated rings. The average Bonchev–Trinajstić information content (AvgIpc) is 2.62. The van der Waals surface area contributed by atoms with E-state index in [9.17, 15) is 4.79 Å². The molecule has 0 aliphatic carbocycles. The molecule has 0 bridgehead atoms. The van der Waals surface area contributed by atoms with Crippen molar-refractivity contribution in [1.82, 2.24) is 5.32 Å². The van der Waals surface area contributed by atoms with Crippen LogP contribution in [0.2, 0.25) is 0 Å². The Bertz CT molecular complexity index is 628. The predicted molar refractivity (Wildman–Crippen MR) is 95.0 cm³/mol. The van der Waals surface area contributed by atoms with Gasteiger partial charge in [-0.15, -0.1) is 0 Å². The largest absolute Gasteiger partial charge is 0.481 e. The number of rotatable bonds is 9. The first-order chi connectivity index (χ1) is 11.7. The van der Waals surface area contributed by atoms with Crippen molar-refractivity contribution in [3.63, 3.8) is 0 Å². The van der Waals surface area contributed by atoms with Crippen LogP contribution in [-0.2, 0) is 22.6 Å². The summed E-state index contributed by atoms with van der Waals surface area (Å²) in [6.45, 7) is 5.31. The Balaban J connectivity index is 1.68. The molecule has 1 atom stereocenters. The molecule has 0 aliphatic heterocycles. The summed E-state index contributed by atoms with van der Waals surface area (Å²) in [4.78, 5) is 12.1. The number of carbonyl (C=O) groups is 1. The first kappa shape index (κ1) is 18.0.